The molecule has 2 rings (SSSR count). The first-order valence-corrected chi connectivity index (χ1v) is 8.56. The quantitative estimate of drug-likeness (QED) is 0.393. The van der Waals surface area contributed by atoms with Gasteiger partial charge in [-0.15, -0.1) is 0 Å². The number of amides is 1. The minimum Gasteiger partial charge on any atom is -0.479 e. The highest BCUT2D eigenvalue weighted by Crippen LogP contribution is 2.28. The summed E-state index contributed by atoms with van der Waals surface area (Å²) in [7, 11) is 0. The smallest absolute Gasteiger partial charge is 0.341 e. The van der Waals surface area contributed by atoms with Crippen molar-refractivity contribution in [2.24, 2.45) is 5.10 Å². The van der Waals surface area contributed by atoms with E-state index in [-0.39, 0.29) is 11.5 Å². The summed E-state index contributed by atoms with van der Waals surface area (Å²) >= 11 is 3.28. The number of halogens is 1. The van der Waals surface area contributed by atoms with Crippen molar-refractivity contribution in [3.63, 3.8) is 0 Å². The van der Waals surface area contributed by atoms with Crippen LogP contribution in [0.25, 0.3) is 0 Å². The number of carbonyl (C=O) groups excluding carboxylic acids is 1. The van der Waals surface area contributed by atoms with Gasteiger partial charge in [-0.1, -0.05) is 15.9 Å². The standard InChI is InChI=1S/C18H15BrN2O7/c19-13-4-2-12(3-5-13)18(26)21-20-8-11-1-6-14(27-9-16(22)23)15(7-11)28-10-17(24)25/h1-8H,9-10H2,(H,21,26)(H,22,23)(H,24,25)/b20-8-. The predicted octanol–water partition coefficient (Wildman–Crippen LogP) is 2.14. The zero-order valence-corrected chi connectivity index (χ0v) is 15.9. The molecule has 0 aliphatic carbocycles. The lowest BCUT2D eigenvalue weighted by Crippen LogP contribution is -2.17. The van der Waals surface area contributed by atoms with Crippen molar-refractivity contribution in [1.29, 1.82) is 0 Å². The van der Waals surface area contributed by atoms with Crippen molar-refractivity contribution in [2.75, 3.05) is 13.2 Å². The van der Waals surface area contributed by atoms with E-state index >= 15 is 0 Å². The Labute approximate surface area is 167 Å². The number of carbonyl (C=O) groups is 3. The van der Waals surface area contributed by atoms with Gasteiger partial charge in [-0.2, -0.15) is 5.10 Å². The maximum absolute atomic E-state index is 12.0. The fourth-order valence-electron chi connectivity index (χ4n) is 1.95. The van der Waals surface area contributed by atoms with E-state index in [1.54, 1.807) is 30.3 Å². The zero-order chi connectivity index (χ0) is 20.5. The summed E-state index contributed by atoms with van der Waals surface area (Å²) in [6, 6.07) is 11.1. The van der Waals surface area contributed by atoms with Crippen LogP contribution in [0.15, 0.2) is 52.0 Å². The molecule has 146 valence electrons. The van der Waals surface area contributed by atoms with Crippen LogP contribution in [0.2, 0.25) is 0 Å². The summed E-state index contributed by atoms with van der Waals surface area (Å²) < 4.78 is 11.0. The number of hydrogen-bond acceptors (Lipinski definition) is 6. The molecule has 0 unspecified atom stereocenters. The number of ether oxygens (including phenoxy) is 2. The Morgan fingerprint density at radius 3 is 2.18 bits per heavy atom. The summed E-state index contributed by atoms with van der Waals surface area (Å²) in [5.41, 5.74) is 3.25. The molecule has 0 spiro atoms. The van der Waals surface area contributed by atoms with Gasteiger partial charge in [0.2, 0.25) is 0 Å². The number of carboxylic acid groups (broad SMARTS) is 2. The maximum atomic E-state index is 12.0. The highest BCUT2D eigenvalue weighted by Gasteiger charge is 2.10. The van der Waals surface area contributed by atoms with Crippen LogP contribution in [0.3, 0.4) is 0 Å². The maximum Gasteiger partial charge on any atom is 0.341 e. The van der Waals surface area contributed by atoms with E-state index in [1.807, 2.05) is 0 Å². The Bertz CT molecular complexity index is 897. The lowest BCUT2D eigenvalue weighted by atomic mass is 10.2. The van der Waals surface area contributed by atoms with Crippen LogP contribution >= 0.6 is 15.9 Å². The van der Waals surface area contributed by atoms with Crippen molar-refractivity contribution >= 4 is 40.0 Å². The predicted molar refractivity (Wildman–Crippen MR) is 102 cm³/mol. The highest BCUT2D eigenvalue weighted by molar-refractivity contribution is 9.10. The number of hydrazone groups is 1. The molecule has 1 amide bonds. The third-order valence-electron chi connectivity index (χ3n) is 3.16. The molecule has 2 aromatic carbocycles. The molecule has 0 aromatic heterocycles. The number of aliphatic carboxylic acids is 2. The molecule has 3 N–H and O–H groups in total. The molecule has 10 heteroatoms. The zero-order valence-electron chi connectivity index (χ0n) is 14.3. The average Bonchev–Trinajstić information content (AvgIpc) is 2.65. The Hall–Kier alpha value is -3.40. The summed E-state index contributed by atoms with van der Waals surface area (Å²) in [5, 5.41) is 21.3. The Balaban J connectivity index is 2.08. The molecule has 0 heterocycles. The van der Waals surface area contributed by atoms with E-state index in [2.05, 4.69) is 26.5 Å². The number of nitrogens with one attached hydrogen (secondary N) is 1. The summed E-state index contributed by atoms with van der Waals surface area (Å²) in [6.45, 7) is -1.25. The van der Waals surface area contributed by atoms with Crippen molar-refractivity contribution in [2.45, 2.75) is 0 Å². The van der Waals surface area contributed by atoms with Crippen LogP contribution in [0.4, 0.5) is 0 Å². The molecule has 28 heavy (non-hydrogen) atoms. The third kappa shape index (κ3) is 6.72. The molecule has 0 radical (unpaired) electrons. The SMILES string of the molecule is O=C(O)COc1ccc(/C=N\NC(=O)c2ccc(Br)cc2)cc1OCC(=O)O. The fourth-order valence-corrected chi connectivity index (χ4v) is 2.21. The van der Waals surface area contributed by atoms with Gasteiger partial charge in [0.1, 0.15) is 0 Å². The van der Waals surface area contributed by atoms with E-state index in [0.29, 0.717) is 11.1 Å². The third-order valence-corrected chi connectivity index (χ3v) is 3.68. The van der Waals surface area contributed by atoms with Gasteiger partial charge in [0.15, 0.2) is 24.7 Å². The van der Waals surface area contributed by atoms with Crippen molar-refractivity contribution in [3.05, 3.63) is 58.1 Å². The second kappa shape index (κ2) is 10.1. The van der Waals surface area contributed by atoms with Gasteiger partial charge in [0.25, 0.3) is 5.91 Å². The van der Waals surface area contributed by atoms with E-state index in [9.17, 15) is 14.4 Å². The van der Waals surface area contributed by atoms with Gasteiger partial charge in [-0.05, 0) is 48.0 Å². The molecule has 0 atom stereocenters. The van der Waals surface area contributed by atoms with Crippen LogP contribution in [0, 0.1) is 0 Å². The topological polar surface area (TPSA) is 135 Å². The average molecular weight is 451 g/mol. The monoisotopic (exact) mass is 450 g/mol. The summed E-state index contributed by atoms with van der Waals surface area (Å²) in [5.74, 6) is -2.70. The molecule has 0 saturated heterocycles. The lowest BCUT2D eigenvalue weighted by molar-refractivity contribution is -0.140. The van der Waals surface area contributed by atoms with E-state index < -0.39 is 31.1 Å². The molecule has 0 aliphatic heterocycles. The van der Waals surface area contributed by atoms with E-state index in [4.69, 9.17) is 19.7 Å². The molecular formula is C18H15BrN2O7. The van der Waals surface area contributed by atoms with Crippen LogP contribution in [-0.2, 0) is 9.59 Å². The first kappa shape index (κ1) is 20.9. The molecular weight excluding hydrogens is 436 g/mol. The van der Waals surface area contributed by atoms with Gasteiger partial charge in [-0.25, -0.2) is 15.0 Å². The van der Waals surface area contributed by atoms with Crippen LogP contribution in [0.1, 0.15) is 15.9 Å². The largest absolute Gasteiger partial charge is 0.479 e. The molecule has 0 bridgehead atoms. The van der Waals surface area contributed by atoms with Gasteiger partial charge in [0, 0.05) is 10.0 Å². The number of carboxylic acids is 2. The highest BCUT2D eigenvalue weighted by atomic mass is 79.9. The number of nitrogens with zero attached hydrogens (tertiary/aromatic N) is 1. The van der Waals surface area contributed by atoms with Crippen molar-refractivity contribution < 1.29 is 34.1 Å². The number of benzene rings is 2. The molecule has 0 fully saturated rings. The molecule has 0 saturated carbocycles. The number of rotatable bonds is 9. The molecule has 0 aliphatic rings. The Morgan fingerprint density at radius 1 is 0.964 bits per heavy atom. The van der Waals surface area contributed by atoms with Crippen LogP contribution < -0.4 is 14.9 Å². The van der Waals surface area contributed by atoms with Crippen LogP contribution in [0.5, 0.6) is 11.5 Å². The first-order chi connectivity index (χ1) is 13.3. The van der Waals surface area contributed by atoms with Gasteiger partial charge < -0.3 is 19.7 Å². The Morgan fingerprint density at radius 2 is 1.57 bits per heavy atom. The molecule has 2 aromatic rings. The normalized spacial score (nSPS) is 10.5. The first-order valence-electron chi connectivity index (χ1n) is 7.77. The van der Waals surface area contributed by atoms with Gasteiger partial charge in [0.05, 0.1) is 6.21 Å². The van der Waals surface area contributed by atoms with Crippen molar-refractivity contribution in [1.82, 2.24) is 5.43 Å². The number of hydrogen-bond donors (Lipinski definition) is 3. The van der Waals surface area contributed by atoms with E-state index in [0.717, 1.165) is 4.47 Å². The van der Waals surface area contributed by atoms with E-state index in [1.165, 1.54) is 18.3 Å². The Kier molecular flexibility index (Phi) is 7.52. The second-order valence-electron chi connectivity index (χ2n) is 5.28. The minimum absolute atomic E-state index is 0.0341. The van der Waals surface area contributed by atoms with Crippen molar-refractivity contribution in [3.8, 4) is 11.5 Å². The summed E-state index contributed by atoms with van der Waals surface area (Å²) in [6.07, 6.45) is 1.32. The van der Waals surface area contributed by atoms with Gasteiger partial charge >= 0.3 is 11.9 Å². The fraction of sp³-hybridized carbons (Fsp3) is 0.111. The van der Waals surface area contributed by atoms with Crippen LogP contribution in [-0.4, -0.2) is 47.5 Å². The minimum atomic E-state index is -1.20. The summed E-state index contributed by atoms with van der Waals surface area (Å²) in [4.78, 5) is 33.3. The second-order valence-corrected chi connectivity index (χ2v) is 6.19. The molecule has 9 nitrogen and oxygen atoms in total. The van der Waals surface area contributed by atoms with Gasteiger partial charge in [-0.3, -0.25) is 4.79 Å². The lowest BCUT2D eigenvalue weighted by Gasteiger charge is -2.11.